The Hall–Kier alpha value is -2.48. The minimum Gasteiger partial charge on any atom is -0.354 e. The molecule has 0 fully saturated rings. The van der Waals surface area contributed by atoms with E-state index in [1.54, 1.807) is 48.2 Å². The molecule has 0 aromatic heterocycles. The molecule has 0 atom stereocenters. The molecule has 34 heavy (non-hydrogen) atoms. The highest BCUT2D eigenvalue weighted by Gasteiger charge is 2.27. The minimum atomic E-state index is -3.94. The van der Waals surface area contributed by atoms with E-state index in [4.69, 9.17) is 11.6 Å². The van der Waals surface area contributed by atoms with E-state index in [9.17, 15) is 13.2 Å². The third-order valence-corrected chi connectivity index (χ3v) is 8.55. The second kappa shape index (κ2) is 12.3. The molecule has 0 aliphatic carbocycles. The van der Waals surface area contributed by atoms with Crippen molar-refractivity contribution in [1.82, 2.24) is 5.32 Å². The lowest BCUT2D eigenvalue weighted by Crippen LogP contribution is -2.41. The zero-order chi connectivity index (χ0) is 24.6. The van der Waals surface area contributed by atoms with Crippen molar-refractivity contribution in [3.63, 3.8) is 0 Å². The standard InChI is InChI=1S/C26H29ClN2O3S2/c1-20-9-12-22(13-10-20)19-33-16-6-15-28-26(30)18-29(23-14-11-21(2)25(27)17-23)34(31,32)24-7-4-3-5-8-24/h3-5,7-14,17H,6,15-16,18-19H2,1-2H3,(H,28,30). The summed E-state index contributed by atoms with van der Waals surface area (Å²) in [6, 6.07) is 21.5. The zero-order valence-corrected chi connectivity index (χ0v) is 21.7. The molecule has 0 heterocycles. The van der Waals surface area contributed by atoms with Gasteiger partial charge >= 0.3 is 0 Å². The molecule has 1 N–H and O–H groups in total. The molecule has 180 valence electrons. The topological polar surface area (TPSA) is 66.5 Å². The normalized spacial score (nSPS) is 11.3. The lowest BCUT2D eigenvalue weighted by Gasteiger charge is -2.24. The van der Waals surface area contributed by atoms with Gasteiger partial charge in [-0.05, 0) is 61.4 Å². The Balaban J connectivity index is 1.59. The summed E-state index contributed by atoms with van der Waals surface area (Å²) in [6.45, 7) is 4.06. The van der Waals surface area contributed by atoms with Crippen LogP contribution < -0.4 is 9.62 Å². The number of anilines is 1. The Morgan fingerprint density at radius 1 is 1.00 bits per heavy atom. The number of rotatable bonds is 11. The second-order valence-corrected chi connectivity index (χ2v) is 11.4. The van der Waals surface area contributed by atoms with Gasteiger partial charge in [-0.3, -0.25) is 9.10 Å². The monoisotopic (exact) mass is 516 g/mol. The van der Waals surface area contributed by atoms with Crippen LogP contribution in [0, 0.1) is 13.8 Å². The van der Waals surface area contributed by atoms with Gasteiger partial charge in [0.1, 0.15) is 6.54 Å². The van der Waals surface area contributed by atoms with Crippen LogP contribution in [0.15, 0.2) is 77.7 Å². The van der Waals surface area contributed by atoms with Gasteiger partial charge in [0.2, 0.25) is 5.91 Å². The number of hydrogen-bond acceptors (Lipinski definition) is 4. The first kappa shape index (κ1) is 26.1. The lowest BCUT2D eigenvalue weighted by molar-refractivity contribution is -0.119. The molecular weight excluding hydrogens is 488 g/mol. The SMILES string of the molecule is Cc1ccc(CSCCCNC(=O)CN(c2ccc(C)c(Cl)c2)S(=O)(=O)c2ccccc2)cc1. The summed E-state index contributed by atoms with van der Waals surface area (Å²) in [5, 5.41) is 3.29. The van der Waals surface area contributed by atoms with Crippen molar-refractivity contribution in [1.29, 1.82) is 0 Å². The molecule has 3 rings (SSSR count). The first-order chi connectivity index (χ1) is 16.3. The fraction of sp³-hybridized carbons (Fsp3) is 0.269. The zero-order valence-electron chi connectivity index (χ0n) is 19.3. The van der Waals surface area contributed by atoms with Crippen LogP contribution in [0.25, 0.3) is 0 Å². The maximum atomic E-state index is 13.3. The molecule has 0 spiro atoms. The van der Waals surface area contributed by atoms with Crippen LogP contribution in [0.2, 0.25) is 5.02 Å². The lowest BCUT2D eigenvalue weighted by atomic mass is 10.2. The van der Waals surface area contributed by atoms with Gasteiger partial charge in [0.25, 0.3) is 10.0 Å². The molecule has 5 nitrogen and oxygen atoms in total. The molecular formula is C26H29ClN2O3S2. The summed E-state index contributed by atoms with van der Waals surface area (Å²) in [5.41, 5.74) is 3.70. The molecule has 3 aromatic carbocycles. The van der Waals surface area contributed by atoms with E-state index in [1.807, 2.05) is 6.92 Å². The second-order valence-electron chi connectivity index (χ2n) is 8.00. The van der Waals surface area contributed by atoms with Crippen LogP contribution in [-0.4, -0.2) is 33.2 Å². The van der Waals surface area contributed by atoms with E-state index >= 15 is 0 Å². The van der Waals surface area contributed by atoms with Crippen molar-refractivity contribution in [2.24, 2.45) is 0 Å². The molecule has 0 bridgehead atoms. The van der Waals surface area contributed by atoms with E-state index in [0.717, 1.165) is 27.8 Å². The Labute approximate surface area is 211 Å². The molecule has 0 unspecified atom stereocenters. The van der Waals surface area contributed by atoms with Crippen LogP contribution in [0.1, 0.15) is 23.1 Å². The van der Waals surface area contributed by atoms with Gasteiger partial charge in [-0.2, -0.15) is 11.8 Å². The number of nitrogens with one attached hydrogen (secondary N) is 1. The van der Waals surface area contributed by atoms with Gasteiger partial charge in [-0.1, -0.05) is 65.7 Å². The number of nitrogens with zero attached hydrogens (tertiary/aromatic N) is 1. The fourth-order valence-electron chi connectivity index (χ4n) is 3.23. The van der Waals surface area contributed by atoms with Crippen LogP contribution in [0.4, 0.5) is 5.69 Å². The largest absolute Gasteiger partial charge is 0.354 e. The van der Waals surface area contributed by atoms with Crippen molar-refractivity contribution < 1.29 is 13.2 Å². The maximum absolute atomic E-state index is 13.3. The minimum absolute atomic E-state index is 0.118. The predicted molar refractivity (Wildman–Crippen MR) is 142 cm³/mol. The first-order valence-corrected chi connectivity index (χ1v) is 14.0. The van der Waals surface area contributed by atoms with Crippen molar-refractivity contribution in [2.45, 2.75) is 30.9 Å². The maximum Gasteiger partial charge on any atom is 0.264 e. The van der Waals surface area contributed by atoms with E-state index in [-0.39, 0.29) is 17.3 Å². The summed E-state index contributed by atoms with van der Waals surface area (Å²) in [4.78, 5) is 12.8. The highest BCUT2D eigenvalue weighted by molar-refractivity contribution is 7.98. The van der Waals surface area contributed by atoms with Crippen LogP contribution >= 0.6 is 23.4 Å². The third-order valence-electron chi connectivity index (χ3n) is 5.24. The quantitative estimate of drug-likeness (QED) is 0.337. The predicted octanol–water partition coefficient (Wildman–Crippen LogP) is 5.59. The number of carbonyl (C=O) groups is 1. The average molecular weight is 517 g/mol. The molecule has 0 saturated heterocycles. The van der Waals surface area contributed by atoms with E-state index < -0.39 is 10.0 Å². The number of halogens is 1. The third kappa shape index (κ3) is 7.26. The Bertz CT molecular complexity index is 1200. The molecule has 0 radical (unpaired) electrons. The number of sulfonamides is 1. The van der Waals surface area contributed by atoms with Gasteiger partial charge in [-0.15, -0.1) is 0 Å². The van der Waals surface area contributed by atoms with Crippen molar-refractivity contribution in [3.8, 4) is 0 Å². The smallest absolute Gasteiger partial charge is 0.264 e. The summed E-state index contributed by atoms with van der Waals surface area (Å²) >= 11 is 8.06. The van der Waals surface area contributed by atoms with E-state index in [1.165, 1.54) is 23.3 Å². The fourth-order valence-corrected chi connectivity index (χ4v) is 5.76. The van der Waals surface area contributed by atoms with Gasteiger partial charge < -0.3 is 5.32 Å². The van der Waals surface area contributed by atoms with Crippen molar-refractivity contribution in [3.05, 3.63) is 94.5 Å². The number of aryl methyl sites for hydroxylation is 2. The number of carbonyl (C=O) groups excluding carboxylic acids is 1. The number of thioether (sulfide) groups is 1. The molecule has 1 amide bonds. The highest BCUT2D eigenvalue weighted by Crippen LogP contribution is 2.28. The molecule has 3 aromatic rings. The first-order valence-electron chi connectivity index (χ1n) is 11.0. The van der Waals surface area contributed by atoms with Gasteiger partial charge in [-0.25, -0.2) is 8.42 Å². The Morgan fingerprint density at radius 3 is 2.38 bits per heavy atom. The highest BCUT2D eigenvalue weighted by atomic mass is 35.5. The van der Waals surface area contributed by atoms with Crippen molar-refractivity contribution in [2.75, 3.05) is 23.1 Å². The Kier molecular flexibility index (Phi) is 9.45. The van der Waals surface area contributed by atoms with Gasteiger partial charge in [0, 0.05) is 17.3 Å². The average Bonchev–Trinajstić information content (AvgIpc) is 2.83. The van der Waals surface area contributed by atoms with Gasteiger partial charge in [0.15, 0.2) is 0 Å². The summed E-state index contributed by atoms with van der Waals surface area (Å²) in [5.74, 6) is 1.46. The van der Waals surface area contributed by atoms with Crippen molar-refractivity contribution >= 4 is 45.0 Å². The summed E-state index contributed by atoms with van der Waals surface area (Å²) < 4.78 is 27.8. The number of hydrogen-bond donors (Lipinski definition) is 1. The molecule has 0 aliphatic rings. The summed E-state index contributed by atoms with van der Waals surface area (Å²) in [7, 11) is -3.94. The molecule has 0 aliphatic heterocycles. The molecule has 0 saturated carbocycles. The number of amides is 1. The van der Waals surface area contributed by atoms with Crippen LogP contribution in [0.3, 0.4) is 0 Å². The number of benzene rings is 3. The molecule has 8 heteroatoms. The van der Waals surface area contributed by atoms with E-state index in [0.29, 0.717) is 17.3 Å². The van der Waals surface area contributed by atoms with Crippen LogP contribution in [0.5, 0.6) is 0 Å². The summed E-state index contributed by atoms with van der Waals surface area (Å²) in [6.07, 6.45) is 0.796. The van der Waals surface area contributed by atoms with Crippen LogP contribution in [-0.2, 0) is 20.6 Å². The van der Waals surface area contributed by atoms with E-state index in [2.05, 4.69) is 36.5 Å². The Morgan fingerprint density at radius 2 is 1.71 bits per heavy atom. The van der Waals surface area contributed by atoms with Gasteiger partial charge in [0.05, 0.1) is 10.6 Å².